The first-order valence-electron chi connectivity index (χ1n) is 30.0. The van der Waals surface area contributed by atoms with Crippen molar-refractivity contribution in [1.29, 1.82) is 0 Å². The number of phenols is 2. The largest absolute Gasteiger partial charge is 0.711 e. The molecule has 2 N–H and O–H groups in total. The van der Waals surface area contributed by atoms with Crippen molar-refractivity contribution in [3.63, 3.8) is 0 Å². The molecule has 0 bridgehead atoms. The third-order valence-electron chi connectivity index (χ3n) is 17.4. The van der Waals surface area contributed by atoms with Crippen molar-refractivity contribution in [2.75, 3.05) is 13.2 Å². The number of nitrogens with zero attached hydrogens (tertiary/aromatic N) is 2. The van der Waals surface area contributed by atoms with E-state index in [4.69, 9.17) is 0 Å². The standard InChI is InChI=1S/C77H90N2O4/c1-21-50-38-60(70(80)68(40-50)78-64-42-52(74(7,8)9)24-28-56(64)57-29-25-53(43-65(57)78)75(10,11)12)62-36-46(3)34-48(5)72(62)82(19)32-23-33-83(20)73-49(6)35-47(4)37-63(73)61-39-51(22-2)41-69(71(61)81)79-66-44-54(76(13,14)15)26-30-58(66)59-31-27-55(45-67(59)79)77(16,17)18/h24-31,34-45,80-81H,19-23,32-33H2,1-18H3. The molecule has 6 heteroatoms. The van der Waals surface area contributed by atoms with E-state index in [2.05, 4.69) is 278 Å². The summed E-state index contributed by atoms with van der Waals surface area (Å²) in [6.07, 6.45) is 2.24. The molecule has 0 radical (unpaired) electrons. The van der Waals surface area contributed by atoms with Gasteiger partial charge in [0.25, 0.3) is 0 Å². The summed E-state index contributed by atoms with van der Waals surface area (Å²) in [6, 6.07) is 44.8. The Labute approximate surface area is 495 Å². The van der Waals surface area contributed by atoms with Gasteiger partial charge in [0.2, 0.25) is 11.5 Å². The van der Waals surface area contributed by atoms with Crippen molar-refractivity contribution in [2.24, 2.45) is 0 Å². The number of aromatic hydroxyl groups is 2. The van der Waals surface area contributed by atoms with E-state index in [1.54, 1.807) is 0 Å². The number of rotatable bonds is 12. The van der Waals surface area contributed by atoms with Crippen molar-refractivity contribution in [1.82, 2.24) is 9.13 Å². The van der Waals surface area contributed by atoms with Crippen LogP contribution in [0.3, 0.4) is 0 Å². The van der Waals surface area contributed by atoms with Crippen LogP contribution in [0.5, 0.6) is 23.0 Å². The minimum Gasteiger partial charge on any atom is -0.711 e. The number of hydrogen-bond acceptors (Lipinski definition) is 2. The summed E-state index contributed by atoms with van der Waals surface area (Å²) in [5.74, 6) is 2.25. The van der Waals surface area contributed by atoms with Crippen LogP contribution in [0, 0.1) is 41.9 Å². The molecule has 0 saturated heterocycles. The smallest absolute Gasteiger partial charge is 0.237 e. The van der Waals surface area contributed by atoms with Crippen LogP contribution in [-0.2, 0) is 43.2 Å². The Morgan fingerprint density at radius 3 is 0.940 bits per heavy atom. The van der Waals surface area contributed by atoms with Crippen LogP contribution >= 0.6 is 0 Å². The molecule has 2 aromatic heterocycles. The summed E-state index contributed by atoms with van der Waals surface area (Å²) in [5, 5.41) is 30.7. The van der Waals surface area contributed by atoms with Crippen LogP contribution in [-0.4, -0.2) is 32.6 Å². The third-order valence-corrected chi connectivity index (χ3v) is 17.4. The summed E-state index contributed by atoms with van der Waals surface area (Å²) >= 11 is 0. The maximum Gasteiger partial charge on any atom is 0.237 e. The first-order chi connectivity index (χ1) is 38.9. The van der Waals surface area contributed by atoms with Crippen LogP contribution in [0.4, 0.5) is 0 Å². The highest BCUT2D eigenvalue weighted by Crippen LogP contribution is 2.51. The van der Waals surface area contributed by atoms with Crippen molar-refractivity contribution in [3.8, 4) is 56.6 Å². The molecule has 2 heterocycles. The average Bonchev–Trinajstić information content (AvgIpc) is 1.95. The number of aromatic nitrogens is 2. The van der Waals surface area contributed by atoms with E-state index >= 15 is 0 Å². The molecule has 0 atom stereocenters. The molecule has 0 aliphatic heterocycles. The Morgan fingerprint density at radius 2 is 0.675 bits per heavy atom. The van der Waals surface area contributed by atoms with Gasteiger partial charge >= 0.3 is 0 Å². The molecule has 0 unspecified atom stereocenters. The van der Waals surface area contributed by atoms with E-state index in [9.17, 15) is 10.2 Å². The number of phenolic OH excluding ortho intramolecular Hbond substituents is 2. The SMILES string of the molecule is [CH2-][O+](CCC[O+]([CH2-])c1c(C)cc(C)cc1-c1cc(CC)cc(-n2c3cc(C(C)(C)C)ccc3c3ccc(C(C)(C)C)cc32)c1O)c1c(C)cc(C)cc1-c1cc(CC)cc(-n2c3cc(C(C)(C)C)ccc3c3ccc(C(C)(C)C)cc32)c1O. The van der Waals surface area contributed by atoms with Crippen molar-refractivity contribution < 1.29 is 18.9 Å². The predicted molar refractivity (Wildman–Crippen MR) is 354 cm³/mol. The third kappa shape index (κ3) is 10.8. The second kappa shape index (κ2) is 21.3. The zero-order chi connectivity index (χ0) is 60.2. The Kier molecular flexibility index (Phi) is 15.1. The van der Waals surface area contributed by atoms with Crippen LogP contribution in [0.15, 0.2) is 121 Å². The molecule has 10 rings (SSSR count). The van der Waals surface area contributed by atoms with Gasteiger partial charge in [0.05, 0.1) is 44.6 Å². The normalized spacial score (nSPS) is 12.7. The van der Waals surface area contributed by atoms with Gasteiger partial charge in [0, 0.05) is 43.8 Å². The van der Waals surface area contributed by atoms with Crippen LogP contribution < -0.4 is 0 Å². The number of hydrogen-bond donors (Lipinski definition) is 2. The molecular formula is C77H90N2O4. The van der Waals surface area contributed by atoms with Crippen molar-refractivity contribution in [3.05, 3.63) is 191 Å². The Balaban J connectivity index is 1.03. The molecule has 0 saturated carbocycles. The monoisotopic (exact) mass is 1110 g/mol. The van der Waals surface area contributed by atoms with Gasteiger partial charge in [-0.25, -0.2) is 0 Å². The summed E-state index contributed by atoms with van der Waals surface area (Å²) in [5.41, 5.74) is 20.4. The predicted octanol–water partition coefficient (Wildman–Crippen LogP) is 21.4. The van der Waals surface area contributed by atoms with Gasteiger partial charge in [-0.05, 0) is 194 Å². The van der Waals surface area contributed by atoms with E-state index in [1.807, 2.05) is 0 Å². The second-order valence-corrected chi connectivity index (χ2v) is 28.0. The van der Waals surface area contributed by atoms with Gasteiger partial charge in [-0.2, -0.15) is 0 Å². The molecule has 10 aromatic rings. The second-order valence-electron chi connectivity index (χ2n) is 28.0. The lowest BCUT2D eigenvalue weighted by Crippen LogP contribution is -2.12. The minimum absolute atomic E-state index is 0.0742. The van der Waals surface area contributed by atoms with E-state index in [-0.39, 0.29) is 33.2 Å². The lowest BCUT2D eigenvalue weighted by Gasteiger charge is -2.34. The summed E-state index contributed by atoms with van der Waals surface area (Å²) in [7, 11) is 9.33. The van der Waals surface area contributed by atoms with Crippen LogP contribution in [0.25, 0.3) is 77.2 Å². The molecule has 0 fully saturated rings. The molecule has 0 aliphatic carbocycles. The lowest BCUT2D eigenvalue weighted by atomic mass is 9.86. The number of fused-ring (bicyclic) bond motifs is 6. The molecule has 0 spiro atoms. The molecule has 83 heavy (non-hydrogen) atoms. The average molecular weight is 1110 g/mol. The quantitative estimate of drug-likeness (QED) is 0.0946. The topological polar surface area (TPSA) is 55.7 Å². The van der Waals surface area contributed by atoms with E-state index < -0.39 is 0 Å². The summed E-state index contributed by atoms with van der Waals surface area (Å²) < 4.78 is 11.0. The fraction of sp³-hybridized carbons (Fsp3) is 0.351. The molecule has 432 valence electrons. The summed E-state index contributed by atoms with van der Waals surface area (Å²) in [4.78, 5) is 0. The van der Waals surface area contributed by atoms with Crippen LogP contribution in [0.1, 0.15) is 159 Å². The zero-order valence-corrected chi connectivity index (χ0v) is 53.1. The Bertz CT molecular complexity index is 3760. The lowest BCUT2D eigenvalue weighted by molar-refractivity contribution is -0.0169. The van der Waals surface area contributed by atoms with Gasteiger partial charge in [-0.15, -0.1) is 0 Å². The highest BCUT2D eigenvalue weighted by atomic mass is 16.7. The van der Waals surface area contributed by atoms with Crippen molar-refractivity contribution >= 4 is 43.6 Å². The maximum absolute atomic E-state index is 13.0. The Morgan fingerprint density at radius 1 is 0.386 bits per heavy atom. The van der Waals surface area contributed by atoms with E-state index in [1.165, 1.54) is 22.3 Å². The first-order valence-corrected chi connectivity index (χ1v) is 30.0. The van der Waals surface area contributed by atoms with Crippen molar-refractivity contribution in [2.45, 2.75) is 166 Å². The molecule has 0 aliphatic rings. The number of benzene rings is 8. The zero-order valence-electron chi connectivity index (χ0n) is 53.1. The van der Waals surface area contributed by atoms with Gasteiger partial charge in [0.15, 0.2) is 13.2 Å². The van der Waals surface area contributed by atoms with E-state index in [0.717, 1.165) is 135 Å². The first kappa shape index (κ1) is 58.7. The molecule has 0 amide bonds. The maximum atomic E-state index is 13.0. The Hall–Kier alpha value is -7.44. The van der Waals surface area contributed by atoms with Gasteiger partial charge < -0.3 is 28.1 Å². The highest BCUT2D eigenvalue weighted by Gasteiger charge is 2.29. The fourth-order valence-corrected chi connectivity index (χ4v) is 12.6. The summed E-state index contributed by atoms with van der Waals surface area (Å²) in [6.45, 7) is 41.0. The van der Waals surface area contributed by atoms with Gasteiger partial charge in [0.1, 0.15) is 17.9 Å². The molecular weight excluding hydrogens is 1020 g/mol. The van der Waals surface area contributed by atoms with E-state index in [0.29, 0.717) is 19.6 Å². The number of aryl methyl sites for hydroxylation is 6. The minimum atomic E-state index is -0.0742. The van der Waals surface area contributed by atoms with Crippen LogP contribution in [0.2, 0.25) is 0 Å². The fourth-order valence-electron chi connectivity index (χ4n) is 12.6. The highest BCUT2D eigenvalue weighted by molar-refractivity contribution is 6.11. The molecule has 6 nitrogen and oxygen atoms in total. The molecule has 8 aromatic carbocycles. The van der Waals surface area contributed by atoms with Gasteiger partial charge in [-0.1, -0.05) is 145 Å². The van der Waals surface area contributed by atoms with Gasteiger partial charge in [-0.3, -0.25) is 0 Å².